The molecule has 2 aliphatic heterocycles. The second-order valence-corrected chi connectivity index (χ2v) is 11.1. The molecule has 1 unspecified atom stereocenters. The van der Waals surface area contributed by atoms with E-state index in [-0.39, 0.29) is 5.92 Å². The molecule has 0 aromatic heterocycles. The summed E-state index contributed by atoms with van der Waals surface area (Å²) in [5, 5.41) is 15.9. The van der Waals surface area contributed by atoms with Crippen molar-refractivity contribution in [2.24, 2.45) is 11.8 Å². The quantitative estimate of drug-likeness (QED) is 0.424. The molecule has 0 radical (unpaired) electrons. The number of methoxy groups -OCH3 is 1. The summed E-state index contributed by atoms with van der Waals surface area (Å²) >= 11 is 0. The molecule has 0 spiro atoms. The maximum Gasteiger partial charge on any atom is 0.128 e. The van der Waals surface area contributed by atoms with Gasteiger partial charge in [0.25, 0.3) is 0 Å². The molecule has 1 aliphatic carbocycles. The van der Waals surface area contributed by atoms with E-state index >= 15 is 0 Å². The molecule has 34 heavy (non-hydrogen) atoms. The van der Waals surface area contributed by atoms with Crippen molar-refractivity contribution in [3.63, 3.8) is 0 Å². The van der Waals surface area contributed by atoms with Gasteiger partial charge in [0.05, 0.1) is 12.2 Å². The third kappa shape index (κ3) is 6.16. The van der Waals surface area contributed by atoms with Crippen LogP contribution in [-0.2, 0) is 16.8 Å². The maximum atomic E-state index is 12.5. The lowest BCUT2D eigenvalue weighted by Gasteiger charge is -2.46. The first-order chi connectivity index (χ1) is 16.7. The van der Waals surface area contributed by atoms with Gasteiger partial charge in [-0.25, -0.2) is 0 Å². The zero-order chi connectivity index (χ0) is 23.8. The van der Waals surface area contributed by atoms with Gasteiger partial charge in [-0.2, -0.15) is 0 Å². The van der Waals surface area contributed by atoms with E-state index in [1.165, 1.54) is 44.1 Å². The normalized spacial score (nSPS) is 24.4. The zero-order valence-electron chi connectivity index (χ0n) is 21.7. The summed E-state index contributed by atoms with van der Waals surface area (Å²) in [7, 11) is 3.85. The Labute approximate surface area is 207 Å². The fourth-order valence-electron chi connectivity index (χ4n) is 6.89. The molecule has 3 aliphatic rings. The van der Waals surface area contributed by atoms with Crippen molar-refractivity contribution in [2.75, 3.05) is 47.0 Å². The number of hydrogen-bond acceptors (Lipinski definition) is 5. The Hall–Kier alpha value is -1.14. The molecule has 2 fully saturated rings. The molecular formula is C29H48N2O3. The molecular weight excluding hydrogens is 424 g/mol. The Bertz CT molecular complexity index is 751. The fourth-order valence-corrected chi connectivity index (χ4v) is 6.89. The summed E-state index contributed by atoms with van der Waals surface area (Å²) in [4.78, 5) is 2.71. The summed E-state index contributed by atoms with van der Waals surface area (Å²) in [6.45, 7) is 4.65. The summed E-state index contributed by atoms with van der Waals surface area (Å²) in [6.07, 6.45) is 14.2. The number of nitrogens with one attached hydrogen (secondary N) is 1. The monoisotopic (exact) mass is 472 g/mol. The first kappa shape index (κ1) is 25.9. The Balaban J connectivity index is 1.53. The minimum atomic E-state index is -0.850. The molecule has 0 bridgehead atoms. The highest BCUT2D eigenvalue weighted by Gasteiger charge is 2.44. The second kappa shape index (κ2) is 12.7. The molecule has 1 saturated heterocycles. The first-order valence-corrected chi connectivity index (χ1v) is 14.0. The Morgan fingerprint density at radius 3 is 2.82 bits per heavy atom. The van der Waals surface area contributed by atoms with E-state index in [0.717, 1.165) is 88.6 Å². The van der Waals surface area contributed by atoms with Gasteiger partial charge in [0.2, 0.25) is 0 Å². The average Bonchev–Trinajstić information content (AvgIpc) is 3.36. The van der Waals surface area contributed by atoms with Crippen molar-refractivity contribution < 1.29 is 14.6 Å². The largest absolute Gasteiger partial charge is 0.493 e. The lowest BCUT2D eigenvalue weighted by molar-refractivity contribution is -0.0701. The van der Waals surface area contributed by atoms with Gasteiger partial charge in [-0.3, -0.25) is 4.90 Å². The molecule has 2 N–H and O–H groups in total. The Kier molecular flexibility index (Phi) is 9.70. The average molecular weight is 473 g/mol. The summed E-state index contributed by atoms with van der Waals surface area (Å²) < 4.78 is 11.4. The van der Waals surface area contributed by atoms with Crippen LogP contribution in [0.2, 0.25) is 0 Å². The van der Waals surface area contributed by atoms with Gasteiger partial charge >= 0.3 is 0 Å². The van der Waals surface area contributed by atoms with Crippen molar-refractivity contribution in [3.05, 3.63) is 29.3 Å². The molecule has 1 aromatic rings. The number of hydrogen-bond donors (Lipinski definition) is 2. The Morgan fingerprint density at radius 1 is 1.18 bits per heavy atom. The number of aliphatic hydroxyl groups is 1. The van der Waals surface area contributed by atoms with Crippen LogP contribution in [0.3, 0.4) is 0 Å². The van der Waals surface area contributed by atoms with E-state index in [4.69, 9.17) is 9.47 Å². The lowest BCUT2D eigenvalue weighted by Crippen LogP contribution is -2.52. The van der Waals surface area contributed by atoms with E-state index in [9.17, 15) is 5.11 Å². The number of benzene rings is 1. The number of para-hydroxylation sites is 1. The number of fused-ring (bicyclic) bond motifs is 1. The molecule has 5 nitrogen and oxygen atoms in total. The van der Waals surface area contributed by atoms with Gasteiger partial charge in [0.1, 0.15) is 5.75 Å². The fraction of sp³-hybridized carbons (Fsp3) is 0.793. The van der Waals surface area contributed by atoms with Crippen molar-refractivity contribution in [1.29, 1.82) is 0 Å². The molecule has 1 saturated carbocycles. The van der Waals surface area contributed by atoms with Crippen molar-refractivity contribution in [3.8, 4) is 5.75 Å². The van der Waals surface area contributed by atoms with Gasteiger partial charge < -0.3 is 19.9 Å². The minimum Gasteiger partial charge on any atom is -0.493 e. The molecule has 0 amide bonds. The van der Waals surface area contributed by atoms with Crippen LogP contribution in [-0.4, -0.2) is 63.1 Å². The summed E-state index contributed by atoms with van der Waals surface area (Å²) in [5.74, 6) is 2.05. The lowest BCUT2D eigenvalue weighted by atomic mass is 9.73. The van der Waals surface area contributed by atoms with E-state index < -0.39 is 5.60 Å². The highest BCUT2D eigenvalue weighted by atomic mass is 16.5. The van der Waals surface area contributed by atoms with Crippen LogP contribution in [0.15, 0.2) is 18.2 Å². The topological polar surface area (TPSA) is 54.0 Å². The third-order valence-electron chi connectivity index (χ3n) is 8.75. The minimum absolute atomic E-state index is 0.227. The number of likely N-dealkylation sites (N-methyl/N-ethyl adjacent to an activating group) is 1. The van der Waals surface area contributed by atoms with Crippen LogP contribution in [0.5, 0.6) is 5.75 Å². The van der Waals surface area contributed by atoms with Crippen molar-refractivity contribution >= 4 is 0 Å². The number of ether oxygens (including phenoxy) is 2. The molecule has 1 aromatic carbocycles. The number of piperidine rings is 1. The van der Waals surface area contributed by atoms with Crippen molar-refractivity contribution in [2.45, 2.75) is 88.7 Å². The molecule has 3 atom stereocenters. The standard InChI is InChI=1S/C29H48N2O3/c1-30-21-26(20-23-10-4-3-5-11-23)31-17-9-13-25(22-31)29(32,16-6-7-18-33-2)27-14-8-12-24-15-19-34-28(24)27/h8,12,14,23,25-26,30,32H,3-7,9-11,13,15-22H2,1-2H3/t25-,26?,29+/m1/s1. The van der Waals surface area contributed by atoms with E-state index in [0.29, 0.717) is 6.04 Å². The van der Waals surface area contributed by atoms with Gasteiger partial charge in [-0.15, -0.1) is 0 Å². The number of nitrogens with zero attached hydrogens (tertiary/aromatic N) is 1. The van der Waals surface area contributed by atoms with Crippen LogP contribution in [0.1, 0.15) is 81.8 Å². The van der Waals surface area contributed by atoms with Gasteiger partial charge in [0, 0.05) is 50.8 Å². The van der Waals surface area contributed by atoms with Gasteiger partial charge in [-0.1, -0.05) is 50.3 Å². The first-order valence-electron chi connectivity index (χ1n) is 14.0. The smallest absolute Gasteiger partial charge is 0.128 e. The van der Waals surface area contributed by atoms with Gasteiger partial charge in [-0.05, 0) is 63.6 Å². The summed E-state index contributed by atoms with van der Waals surface area (Å²) in [6, 6.07) is 6.98. The van der Waals surface area contributed by atoms with Crippen LogP contribution in [0, 0.1) is 11.8 Å². The number of unbranched alkanes of at least 4 members (excludes halogenated alkanes) is 1. The van der Waals surface area contributed by atoms with E-state index in [1.807, 2.05) is 0 Å². The van der Waals surface area contributed by atoms with Crippen LogP contribution in [0.25, 0.3) is 0 Å². The SMILES string of the molecule is CNCC(CC1CCCCC1)N1CCC[C@@H]([C@@](O)(CCCCOC)c2cccc3c2OCC3)C1. The van der Waals surface area contributed by atoms with Crippen molar-refractivity contribution in [1.82, 2.24) is 10.2 Å². The maximum absolute atomic E-state index is 12.5. The highest BCUT2D eigenvalue weighted by Crippen LogP contribution is 2.46. The van der Waals surface area contributed by atoms with Gasteiger partial charge in [0.15, 0.2) is 0 Å². The zero-order valence-corrected chi connectivity index (χ0v) is 21.7. The van der Waals surface area contributed by atoms with Crippen LogP contribution < -0.4 is 10.1 Å². The predicted octanol–water partition coefficient (Wildman–Crippen LogP) is 4.90. The van der Waals surface area contributed by atoms with Crippen LogP contribution in [0.4, 0.5) is 0 Å². The molecule has 4 rings (SSSR count). The van der Waals surface area contributed by atoms with Crippen LogP contribution >= 0.6 is 0 Å². The Morgan fingerprint density at radius 2 is 2.03 bits per heavy atom. The molecule has 192 valence electrons. The second-order valence-electron chi connectivity index (χ2n) is 11.1. The number of likely N-dealkylation sites (tertiary alicyclic amines) is 1. The predicted molar refractivity (Wildman–Crippen MR) is 138 cm³/mol. The third-order valence-corrected chi connectivity index (χ3v) is 8.75. The highest BCUT2D eigenvalue weighted by molar-refractivity contribution is 5.47. The summed E-state index contributed by atoms with van der Waals surface area (Å²) in [5.41, 5.74) is 1.44. The molecule has 2 heterocycles. The number of rotatable bonds is 12. The van der Waals surface area contributed by atoms with E-state index in [1.54, 1.807) is 7.11 Å². The van der Waals surface area contributed by atoms with E-state index in [2.05, 4.69) is 35.5 Å². The molecule has 5 heteroatoms.